The monoisotopic (exact) mass is 605 g/mol. The maximum atomic E-state index is 12.8. The van der Waals surface area contributed by atoms with Crippen LogP contribution < -0.4 is 10.6 Å². The standard InChI is InChI=1S/C32H51N3O8/c1-20(2)10-12-24-31(6,43-24)27-26(40-7)21(14-15-32(27)19-42-32)34-29(39)33-16-18-41-28(38)22-9-8-17-35(22)25(37)13-11-23(36)30(3,4)5/h10,21-22,24,26-27H,8-9,11-19H2,1-7H3,(H2,33,34,39)/t21-,22+,24-,26-,27-,31-,32+/m1/s1. The van der Waals surface area contributed by atoms with Gasteiger partial charge in [-0.05, 0) is 52.9 Å². The zero-order valence-electron chi connectivity index (χ0n) is 27.0. The van der Waals surface area contributed by atoms with E-state index in [0.29, 0.717) is 26.0 Å². The van der Waals surface area contributed by atoms with Crippen molar-refractivity contribution in [2.45, 2.75) is 122 Å². The molecule has 1 aliphatic carbocycles. The van der Waals surface area contributed by atoms with Crippen molar-refractivity contribution >= 4 is 23.7 Å². The number of allylic oxidation sites excluding steroid dienone is 1. The third kappa shape index (κ3) is 7.78. The van der Waals surface area contributed by atoms with E-state index in [1.54, 1.807) is 7.11 Å². The Morgan fingerprint density at radius 3 is 2.47 bits per heavy atom. The number of urea groups is 1. The lowest BCUT2D eigenvalue weighted by molar-refractivity contribution is -0.153. The summed E-state index contributed by atoms with van der Waals surface area (Å²) >= 11 is 0. The Balaban J connectivity index is 1.22. The minimum atomic E-state index is -0.656. The number of nitrogens with one attached hydrogen (secondary N) is 2. The van der Waals surface area contributed by atoms with Crippen LogP contribution in [0.15, 0.2) is 11.6 Å². The first-order chi connectivity index (χ1) is 20.2. The first kappa shape index (κ1) is 33.4. The zero-order chi connectivity index (χ0) is 31.6. The van der Waals surface area contributed by atoms with Crippen molar-refractivity contribution in [1.29, 1.82) is 0 Å². The lowest BCUT2D eigenvalue weighted by Crippen LogP contribution is -2.60. The number of esters is 1. The smallest absolute Gasteiger partial charge is 0.328 e. The number of nitrogens with zero attached hydrogens (tertiary/aromatic N) is 1. The first-order valence-electron chi connectivity index (χ1n) is 15.7. The minimum absolute atomic E-state index is 0.00998. The van der Waals surface area contributed by atoms with Gasteiger partial charge in [0.05, 0.1) is 37.0 Å². The Morgan fingerprint density at radius 1 is 1.12 bits per heavy atom. The molecular formula is C32H51N3O8. The summed E-state index contributed by atoms with van der Waals surface area (Å²) in [6.07, 6.45) is 5.84. The minimum Gasteiger partial charge on any atom is -0.462 e. The van der Waals surface area contributed by atoms with E-state index in [-0.39, 0.29) is 79.1 Å². The molecule has 4 rings (SSSR count). The average Bonchev–Trinajstić information content (AvgIpc) is 3.79. The van der Waals surface area contributed by atoms with E-state index >= 15 is 0 Å². The summed E-state index contributed by atoms with van der Waals surface area (Å²) in [7, 11) is 1.67. The van der Waals surface area contributed by atoms with Crippen LogP contribution in [0, 0.1) is 11.3 Å². The van der Waals surface area contributed by atoms with Crippen molar-refractivity contribution < 1.29 is 38.1 Å². The number of rotatable bonds is 12. The van der Waals surface area contributed by atoms with Gasteiger partial charge in [-0.3, -0.25) is 9.59 Å². The molecule has 11 nitrogen and oxygen atoms in total. The van der Waals surface area contributed by atoms with Crippen LogP contribution in [-0.4, -0.2) is 97.5 Å². The van der Waals surface area contributed by atoms with Crippen molar-refractivity contribution in [2.24, 2.45) is 11.3 Å². The number of carbonyl (C=O) groups is 4. The normalized spacial score (nSPS) is 33.1. The maximum Gasteiger partial charge on any atom is 0.328 e. The summed E-state index contributed by atoms with van der Waals surface area (Å²) in [6, 6.07) is -1.24. The predicted molar refractivity (Wildman–Crippen MR) is 159 cm³/mol. The van der Waals surface area contributed by atoms with E-state index in [0.717, 1.165) is 19.3 Å². The molecule has 0 aromatic rings. The van der Waals surface area contributed by atoms with Gasteiger partial charge in [0.25, 0.3) is 0 Å². The van der Waals surface area contributed by atoms with Gasteiger partial charge < -0.3 is 34.5 Å². The van der Waals surface area contributed by atoms with Gasteiger partial charge >= 0.3 is 12.0 Å². The highest BCUT2D eigenvalue weighted by molar-refractivity contribution is 5.90. The van der Waals surface area contributed by atoms with Gasteiger partial charge in [0.15, 0.2) is 0 Å². The fourth-order valence-corrected chi connectivity index (χ4v) is 6.82. The number of carbonyl (C=O) groups excluding carboxylic acids is 4. The second-order valence-electron chi connectivity index (χ2n) is 14.0. The Bertz CT molecular complexity index is 1090. The molecule has 0 bridgehead atoms. The summed E-state index contributed by atoms with van der Waals surface area (Å²) in [5.41, 5.74) is 0.0989. The predicted octanol–water partition coefficient (Wildman–Crippen LogP) is 3.29. The number of methoxy groups -OCH3 is 1. The number of Topliss-reactive ketones (excluding diaryl/α,β-unsaturated/α-hetero) is 1. The molecule has 0 aromatic carbocycles. The second-order valence-corrected chi connectivity index (χ2v) is 14.0. The molecule has 1 saturated carbocycles. The van der Waals surface area contributed by atoms with Crippen molar-refractivity contribution in [3.63, 3.8) is 0 Å². The maximum absolute atomic E-state index is 12.8. The number of ketones is 1. The summed E-state index contributed by atoms with van der Waals surface area (Å²) < 4.78 is 23.6. The number of likely N-dealkylation sites (tertiary alicyclic amines) is 1. The number of amides is 3. The molecule has 2 N–H and O–H groups in total. The zero-order valence-corrected chi connectivity index (χ0v) is 27.0. The van der Waals surface area contributed by atoms with E-state index in [1.807, 2.05) is 20.8 Å². The Morgan fingerprint density at radius 2 is 1.84 bits per heavy atom. The number of epoxide rings is 2. The number of ether oxygens (including phenoxy) is 4. The van der Waals surface area contributed by atoms with Crippen molar-refractivity contribution in [3.05, 3.63) is 11.6 Å². The molecule has 0 unspecified atom stereocenters. The third-order valence-electron chi connectivity index (χ3n) is 9.49. The molecule has 242 valence electrons. The van der Waals surface area contributed by atoms with Crippen molar-refractivity contribution in [1.82, 2.24) is 15.5 Å². The molecule has 3 aliphatic heterocycles. The van der Waals surface area contributed by atoms with Crippen LogP contribution in [0.3, 0.4) is 0 Å². The second kappa shape index (κ2) is 13.2. The molecule has 3 saturated heterocycles. The summed E-state index contributed by atoms with van der Waals surface area (Å²) in [5, 5.41) is 5.84. The van der Waals surface area contributed by atoms with Crippen LogP contribution in [0.5, 0.6) is 0 Å². The van der Waals surface area contributed by atoms with Crippen LogP contribution in [0.25, 0.3) is 0 Å². The van der Waals surface area contributed by atoms with Gasteiger partial charge in [-0.1, -0.05) is 32.4 Å². The fourth-order valence-electron chi connectivity index (χ4n) is 6.82. The lowest BCUT2D eigenvalue weighted by Gasteiger charge is -2.43. The molecule has 0 radical (unpaired) electrons. The Labute approximate surface area is 255 Å². The molecule has 4 fully saturated rings. The SMILES string of the molecule is CO[C@@H]1[C@H](NC(=O)NCCOC(=O)[C@@H]2CCCN2C(=O)CCC(=O)C(C)(C)C)CC[C@]2(CO2)[C@H]1[C@]1(C)O[C@@H]1CC=C(C)C. The highest BCUT2D eigenvalue weighted by atomic mass is 16.6. The molecule has 11 heteroatoms. The molecule has 0 aromatic heterocycles. The van der Waals surface area contributed by atoms with E-state index in [2.05, 4.69) is 37.5 Å². The van der Waals surface area contributed by atoms with Gasteiger partial charge in [-0.15, -0.1) is 0 Å². The number of hydrogen-bond donors (Lipinski definition) is 2. The van der Waals surface area contributed by atoms with Gasteiger partial charge in [-0.25, -0.2) is 9.59 Å². The van der Waals surface area contributed by atoms with Gasteiger partial charge in [-0.2, -0.15) is 0 Å². The summed E-state index contributed by atoms with van der Waals surface area (Å²) in [4.78, 5) is 52.1. The molecule has 3 heterocycles. The van der Waals surface area contributed by atoms with Crippen molar-refractivity contribution in [2.75, 3.05) is 33.4 Å². The number of hydrogen-bond acceptors (Lipinski definition) is 8. The van der Waals surface area contributed by atoms with Gasteiger partial charge in [0.2, 0.25) is 5.91 Å². The molecule has 43 heavy (non-hydrogen) atoms. The van der Waals surface area contributed by atoms with E-state index in [4.69, 9.17) is 18.9 Å². The van der Waals surface area contributed by atoms with E-state index in [1.165, 1.54) is 10.5 Å². The largest absolute Gasteiger partial charge is 0.462 e. The Hall–Kier alpha value is -2.50. The van der Waals surface area contributed by atoms with Gasteiger partial charge in [0.1, 0.15) is 24.0 Å². The summed E-state index contributed by atoms with van der Waals surface area (Å²) in [5.74, 6) is -0.688. The van der Waals surface area contributed by atoms with Crippen LogP contribution in [-0.2, 0) is 33.3 Å². The van der Waals surface area contributed by atoms with Crippen LogP contribution >= 0.6 is 0 Å². The van der Waals surface area contributed by atoms with Crippen LogP contribution in [0.2, 0.25) is 0 Å². The fraction of sp³-hybridized carbons (Fsp3) is 0.812. The van der Waals surface area contributed by atoms with E-state index in [9.17, 15) is 19.2 Å². The first-order valence-corrected chi connectivity index (χ1v) is 15.7. The van der Waals surface area contributed by atoms with Crippen LogP contribution in [0.4, 0.5) is 4.79 Å². The summed E-state index contributed by atoms with van der Waals surface area (Å²) in [6.45, 7) is 13.0. The van der Waals surface area contributed by atoms with Crippen LogP contribution in [0.1, 0.15) is 86.5 Å². The molecule has 7 atom stereocenters. The van der Waals surface area contributed by atoms with Gasteiger partial charge in [0, 0.05) is 37.8 Å². The molecular weight excluding hydrogens is 554 g/mol. The molecule has 4 aliphatic rings. The average molecular weight is 606 g/mol. The highest BCUT2D eigenvalue weighted by Crippen LogP contribution is 2.59. The topological polar surface area (TPSA) is 139 Å². The third-order valence-corrected chi connectivity index (χ3v) is 9.49. The quantitative estimate of drug-likeness (QED) is 0.150. The van der Waals surface area contributed by atoms with Crippen molar-refractivity contribution in [3.8, 4) is 0 Å². The lowest BCUT2D eigenvalue weighted by atomic mass is 9.67. The molecule has 1 spiro atoms. The molecule has 3 amide bonds. The van der Waals surface area contributed by atoms with E-state index < -0.39 is 17.4 Å². The Kier molecular flexibility index (Phi) is 10.3. The highest BCUT2D eigenvalue weighted by Gasteiger charge is 2.71.